The van der Waals surface area contributed by atoms with Crippen molar-refractivity contribution in [2.45, 2.75) is 12.3 Å². The van der Waals surface area contributed by atoms with E-state index < -0.39 is 0 Å². The molecule has 0 aliphatic carbocycles. The van der Waals surface area contributed by atoms with Crippen LogP contribution in [0.25, 0.3) is 33.7 Å². The van der Waals surface area contributed by atoms with Crippen LogP contribution in [-0.2, 0) is 6.42 Å². The largest absolute Gasteiger partial charge is 0.310 e. The van der Waals surface area contributed by atoms with Gasteiger partial charge >= 0.3 is 0 Å². The third-order valence-electron chi connectivity index (χ3n) is 9.38. The Hall–Kier alpha value is -6.18. The quantitative estimate of drug-likeness (QED) is 0.144. The zero-order chi connectivity index (χ0) is 32.8. The van der Waals surface area contributed by atoms with Gasteiger partial charge in [-0.1, -0.05) is 158 Å². The molecular formula is C48H37N. The van der Waals surface area contributed by atoms with Crippen molar-refractivity contribution in [1.29, 1.82) is 0 Å². The Bertz CT molecular complexity index is 2300. The van der Waals surface area contributed by atoms with Gasteiger partial charge in [0.1, 0.15) is 0 Å². The van der Waals surface area contributed by atoms with Crippen LogP contribution in [0.5, 0.6) is 0 Å². The summed E-state index contributed by atoms with van der Waals surface area (Å²) >= 11 is 0. The van der Waals surface area contributed by atoms with E-state index in [2.05, 4.69) is 211 Å². The molecule has 0 fully saturated rings. The molecule has 0 saturated carbocycles. The lowest BCUT2D eigenvalue weighted by Crippen LogP contribution is -2.09. The molecule has 49 heavy (non-hydrogen) atoms. The summed E-state index contributed by atoms with van der Waals surface area (Å²) in [6.07, 6.45) is 5.41. The molecule has 0 aliphatic heterocycles. The maximum atomic E-state index is 2.37. The third-order valence-corrected chi connectivity index (χ3v) is 9.38. The van der Waals surface area contributed by atoms with Gasteiger partial charge < -0.3 is 4.90 Å². The lowest BCUT2D eigenvalue weighted by molar-refractivity contribution is 0.806. The molecule has 1 atom stereocenters. The highest BCUT2D eigenvalue weighted by atomic mass is 15.1. The topological polar surface area (TPSA) is 3.24 Å². The highest BCUT2D eigenvalue weighted by Gasteiger charge is 2.16. The van der Waals surface area contributed by atoms with Crippen molar-refractivity contribution in [3.8, 4) is 0 Å². The van der Waals surface area contributed by atoms with Gasteiger partial charge in [0.25, 0.3) is 0 Å². The molecule has 0 radical (unpaired) electrons. The molecule has 0 bridgehead atoms. The van der Waals surface area contributed by atoms with Gasteiger partial charge in [-0.3, -0.25) is 0 Å². The van der Waals surface area contributed by atoms with Gasteiger partial charge in [-0.2, -0.15) is 0 Å². The van der Waals surface area contributed by atoms with Crippen molar-refractivity contribution in [2.24, 2.45) is 0 Å². The summed E-state index contributed by atoms with van der Waals surface area (Å²) < 4.78 is 0. The van der Waals surface area contributed by atoms with Crippen LogP contribution in [0, 0.1) is 0 Å². The SMILES string of the molecule is C(=Cc1ccc2cc(N(c3ccccc3)c3ccccc3)ccc2c1)c1ccc2cc(C(Cc3ccccc3)c3ccccc3)ccc2c1. The first-order valence-corrected chi connectivity index (χ1v) is 17.0. The maximum Gasteiger partial charge on any atom is 0.0468 e. The zero-order valence-corrected chi connectivity index (χ0v) is 27.4. The number of rotatable bonds is 9. The van der Waals surface area contributed by atoms with E-state index in [4.69, 9.17) is 0 Å². The summed E-state index contributed by atoms with van der Waals surface area (Å²) in [7, 11) is 0. The fourth-order valence-electron chi connectivity index (χ4n) is 6.85. The molecule has 8 rings (SSSR count). The predicted octanol–water partition coefficient (Wildman–Crippen LogP) is 13.0. The molecule has 0 aliphatic rings. The minimum atomic E-state index is 0.302. The molecule has 1 heteroatoms. The fraction of sp³-hybridized carbons (Fsp3) is 0.0417. The van der Waals surface area contributed by atoms with E-state index in [1.807, 2.05) is 0 Å². The van der Waals surface area contributed by atoms with Crippen LogP contribution in [0.2, 0.25) is 0 Å². The number of nitrogens with zero attached hydrogens (tertiary/aromatic N) is 1. The van der Waals surface area contributed by atoms with Crippen molar-refractivity contribution < 1.29 is 0 Å². The number of fused-ring (bicyclic) bond motifs is 2. The van der Waals surface area contributed by atoms with Crippen molar-refractivity contribution in [3.05, 3.63) is 222 Å². The van der Waals surface area contributed by atoms with E-state index in [1.54, 1.807) is 0 Å². The van der Waals surface area contributed by atoms with Crippen LogP contribution in [-0.4, -0.2) is 0 Å². The Morgan fingerprint density at radius 3 is 1.43 bits per heavy atom. The average Bonchev–Trinajstić information content (AvgIpc) is 3.17. The molecule has 8 aromatic rings. The summed E-state index contributed by atoms with van der Waals surface area (Å²) in [5.74, 6) is 0.302. The van der Waals surface area contributed by atoms with Gasteiger partial charge in [-0.25, -0.2) is 0 Å². The lowest BCUT2D eigenvalue weighted by atomic mass is 9.85. The highest BCUT2D eigenvalue weighted by molar-refractivity contribution is 5.92. The minimum Gasteiger partial charge on any atom is -0.310 e. The summed E-state index contributed by atoms with van der Waals surface area (Å²) in [4.78, 5) is 2.31. The van der Waals surface area contributed by atoms with E-state index in [1.165, 1.54) is 49.4 Å². The molecule has 234 valence electrons. The van der Waals surface area contributed by atoms with Gasteiger partial charge in [0.2, 0.25) is 0 Å². The molecule has 1 nitrogen and oxygen atoms in total. The van der Waals surface area contributed by atoms with E-state index in [0.717, 1.165) is 23.5 Å². The van der Waals surface area contributed by atoms with E-state index in [-0.39, 0.29) is 0 Å². The van der Waals surface area contributed by atoms with Crippen LogP contribution >= 0.6 is 0 Å². The lowest BCUT2D eigenvalue weighted by Gasteiger charge is -2.25. The van der Waals surface area contributed by atoms with Crippen LogP contribution in [0.4, 0.5) is 17.1 Å². The average molecular weight is 628 g/mol. The monoisotopic (exact) mass is 627 g/mol. The van der Waals surface area contributed by atoms with Crippen molar-refractivity contribution in [2.75, 3.05) is 4.90 Å². The van der Waals surface area contributed by atoms with Crippen molar-refractivity contribution >= 4 is 50.8 Å². The number of benzene rings is 8. The van der Waals surface area contributed by atoms with Gasteiger partial charge in [0.05, 0.1) is 0 Å². The first-order valence-electron chi connectivity index (χ1n) is 17.0. The summed E-state index contributed by atoms with van der Waals surface area (Å²) in [5, 5.41) is 4.96. The molecule has 0 aromatic heterocycles. The fourth-order valence-corrected chi connectivity index (χ4v) is 6.85. The minimum absolute atomic E-state index is 0.302. The molecule has 0 amide bonds. The zero-order valence-electron chi connectivity index (χ0n) is 27.4. The molecule has 0 saturated heterocycles. The molecule has 0 heterocycles. The molecule has 1 unspecified atom stereocenters. The molecular weight excluding hydrogens is 591 g/mol. The Kier molecular flexibility index (Phi) is 8.56. The number of hydrogen-bond donors (Lipinski definition) is 0. The first kappa shape index (κ1) is 30.2. The Morgan fingerprint density at radius 2 is 0.837 bits per heavy atom. The third kappa shape index (κ3) is 6.79. The van der Waals surface area contributed by atoms with E-state index in [9.17, 15) is 0 Å². The second-order valence-electron chi connectivity index (χ2n) is 12.6. The van der Waals surface area contributed by atoms with Gasteiger partial charge in [-0.05, 0) is 104 Å². The predicted molar refractivity (Wildman–Crippen MR) is 210 cm³/mol. The summed E-state index contributed by atoms with van der Waals surface area (Å²) in [6, 6.07) is 70.0. The van der Waals surface area contributed by atoms with Crippen LogP contribution in [0.15, 0.2) is 194 Å². The van der Waals surface area contributed by atoms with Crippen LogP contribution in [0.3, 0.4) is 0 Å². The second-order valence-corrected chi connectivity index (χ2v) is 12.6. The highest BCUT2D eigenvalue weighted by Crippen LogP contribution is 2.36. The Balaban J connectivity index is 1.04. The van der Waals surface area contributed by atoms with Gasteiger partial charge in [-0.15, -0.1) is 0 Å². The van der Waals surface area contributed by atoms with Crippen LogP contribution < -0.4 is 4.90 Å². The maximum absolute atomic E-state index is 2.37. The Labute approximate surface area is 289 Å². The number of hydrogen-bond acceptors (Lipinski definition) is 1. The van der Waals surface area contributed by atoms with Crippen molar-refractivity contribution in [1.82, 2.24) is 0 Å². The van der Waals surface area contributed by atoms with Gasteiger partial charge in [0, 0.05) is 23.0 Å². The second kappa shape index (κ2) is 13.9. The van der Waals surface area contributed by atoms with Crippen molar-refractivity contribution in [3.63, 3.8) is 0 Å². The Morgan fingerprint density at radius 1 is 0.367 bits per heavy atom. The standard InChI is InChI=1S/C48H37N/c1-5-13-36(14-6-1)33-48(39-15-7-2-8-16-39)44-28-27-40-31-37(23-25-42(40)34-44)21-22-38-24-26-43-35-47(30-29-41(43)32-38)49(45-17-9-3-10-18-45)46-19-11-4-12-20-46/h1-32,34-35,48H,33H2. The molecule has 0 N–H and O–H groups in total. The first-order chi connectivity index (χ1) is 24.3. The smallest absolute Gasteiger partial charge is 0.0468 e. The summed E-state index contributed by atoms with van der Waals surface area (Å²) in [5.41, 5.74) is 9.86. The summed E-state index contributed by atoms with van der Waals surface area (Å²) in [6.45, 7) is 0. The van der Waals surface area contributed by atoms with E-state index >= 15 is 0 Å². The normalized spacial score (nSPS) is 12.0. The van der Waals surface area contributed by atoms with E-state index in [0.29, 0.717) is 5.92 Å². The number of para-hydroxylation sites is 2. The number of anilines is 3. The molecule has 8 aromatic carbocycles. The van der Waals surface area contributed by atoms with Crippen LogP contribution in [0.1, 0.15) is 33.7 Å². The molecule has 0 spiro atoms. The van der Waals surface area contributed by atoms with Gasteiger partial charge in [0.15, 0.2) is 0 Å².